The number of rotatable bonds is 6. The zero-order chi connectivity index (χ0) is 22.6. The summed E-state index contributed by atoms with van der Waals surface area (Å²) in [6, 6.07) is 21.2. The van der Waals surface area contributed by atoms with Gasteiger partial charge in [0, 0.05) is 44.3 Å². The van der Waals surface area contributed by atoms with Gasteiger partial charge < -0.3 is 4.90 Å². The van der Waals surface area contributed by atoms with Gasteiger partial charge in [-0.2, -0.15) is 0 Å². The molecule has 0 radical (unpaired) electrons. The van der Waals surface area contributed by atoms with E-state index in [9.17, 15) is 0 Å². The van der Waals surface area contributed by atoms with Crippen LogP contribution in [0, 0.1) is 13.8 Å². The minimum absolute atomic E-state index is 0.0209. The first-order valence-corrected chi connectivity index (χ1v) is 11.5. The molecule has 0 unspecified atom stereocenters. The molecular formula is C26H29N7. The number of aryl methyl sites for hydroxylation is 2. The maximum atomic E-state index is 4.49. The molecule has 1 aliphatic rings. The Morgan fingerprint density at radius 3 is 2.39 bits per heavy atom. The quantitative estimate of drug-likeness (QED) is 0.457. The standard InChI is InChI=1S/C26H29N7/c1-20-8-9-21(2)24(18-20)31-14-16-32(17-15-31)25(23-10-12-27-13-11-23)26-28-29-30-33(26)19-22-6-4-3-5-7-22/h3-13,18,25H,14-17,19H2,1-2H3/t25-/m1/s1. The van der Waals surface area contributed by atoms with Crippen LogP contribution in [0.3, 0.4) is 0 Å². The Morgan fingerprint density at radius 1 is 0.879 bits per heavy atom. The fraction of sp³-hybridized carbons (Fsp3) is 0.308. The van der Waals surface area contributed by atoms with Gasteiger partial charge in [-0.3, -0.25) is 9.88 Å². The molecule has 1 atom stereocenters. The average Bonchev–Trinajstić information content (AvgIpc) is 3.30. The molecule has 2 aromatic carbocycles. The molecular weight excluding hydrogens is 410 g/mol. The van der Waals surface area contributed by atoms with Crippen LogP contribution < -0.4 is 4.90 Å². The molecule has 0 saturated carbocycles. The molecule has 0 spiro atoms. The lowest BCUT2D eigenvalue weighted by Gasteiger charge is -2.40. The molecule has 1 saturated heterocycles. The average molecular weight is 440 g/mol. The molecule has 7 heteroatoms. The number of piperazine rings is 1. The third-order valence-corrected chi connectivity index (χ3v) is 6.39. The van der Waals surface area contributed by atoms with E-state index in [1.165, 1.54) is 22.4 Å². The second-order valence-corrected chi connectivity index (χ2v) is 8.68. The summed E-state index contributed by atoms with van der Waals surface area (Å²) in [5.74, 6) is 0.866. The number of nitrogens with zero attached hydrogens (tertiary/aromatic N) is 7. The summed E-state index contributed by atoms with van der Waals surface area (Å²) in [5, 5.41) is 12.9. The lowest BCUT2D eigenvalue weighted by molar-refractivity contribution is 0.201. The monoisotopic (exact) mass is 439 g/mol. The van der Waals surface area contributed by atoms with Crippen molar-refractivity contribution in [2.45, 2.75) is 26.4 Å². The summed E-state index contributed by atoms with van der Waals surface area (Å²) in [6.45, 7) is 8.78. The van der Waals surface area contributed by atoms with Crippen LogP contribution in [-0.2, 0) is 6.54 Å². The molecule has 0 aliphatic carbocycles. The van der Waals surface area contributed by atoms with Crippen LogP contribution in [-0.4, -0.2) is 56.3 Å². The highest BCUT2D eigenvalue weighted by atomic mass is 15.6. The van der Waals surface area contributed by atoms with Crippen LogP contribution in [0.25, 0.3) is 0 Å². The fourth-order valence-electron chi connectivity index (χ4n) is 4.63. The van der Waals surface area contributed by atoms with E-state index in [1.54, 1.807) is 0 Å². The largest absolute Gasteiger partial charge is 0.369 e. The Balaban J connectivity index is 1.41. The van der Waals surface area contributed by atoms with Gasteiger partial charge in [-0.25, -0.2) is 4.68 Å². The Labute approximate surface area is 194 Å². The zero-order valence-electron chi connectivity index (χ0n) is 19.2. The van der Waals surface area contributed by atoms with Crippen LogP contribution in [0.1, 0.15) is 34.1 Å². The van der Waals surface area contributed by atoms with Gasteiger partial charge in [-0.15, -0.1) is 5.10 Å². The van der Waals surface area contributed by atoms with Gasteiger partial charge in [-0.1, -0.05) is 42.5 Å². The summed E-state index contributed by atoms with van der Waals surface area (Å²) in [5.41, 5.74) is 6.30. The molecule has 3 heterocycles. The molecule has 0 amide bonds. The second-order valence-electron chi connectivity index (χ2n) is 8.68. The highest BCUT2D eigenvalue weighted by molar-refractivity contribution is 5.55. The number of pyridine rings is 1. The predicted octanol–water partition coefficient (Wildman–Crippen LogP) is 3.64. The smallest absolute Gasteiger partial charge is 0.173 e. The molecule has 0 bridgehead atoms. The first-order valence-electron chi connectivity index (χ1n) is 11.5. The van der Waals surface area contributed by atoms with Crippen molar-refractivity contribution in [3.63, 3.8) is 0 Å². The Bertz CT molecular complexity index is 1180. The van der Waals surface area contributed by atoms with Crippen LogP contribution in [0.4, 0.5) is 5.69 Å². The lowest BCUT2D eigenvalue weighted by atomic mass is 10.0. The van der Waals surface area contributed by atoms with Gasteiger partial charge >= 0.3 is 0 Å². The van der Waals surface area contributed by atoms with Crippen molar-refractivity contribution >= 4 is 5.69 Å². The van der Waals surface area contributed by atoms with Crippen molar-refractivity contribution in [1.82, 2.24) is 30.1 Å². The molecule has 1 fully saturated rings. The maximum absolute atomic E-state index is 4.49. The highest BCUT2D eigenvalue weighted by Gasteiger charge is 2.31. The van der Waals surface area contributed by atoms with E-state index < -0.39 is 0 Å². The van der Waals surface area contributed by atoms with E-state index >= 15 is 0 Å². The van der Waals surface area contributed by atoms with Crippen molar-refractivity contribution in [1.29, 1.82) is 0 Å². The third kappa shape index (κ3) is 4.64. The predicted molar refractivity (Wildman–Crippen MR) is 129 cm³/mol. The minimum Gasteiger partial charge on any atom is -0.369 e. The molecule has 0 N–H and O–H groups in total. The topological polar surface area (TPSA) is 63.0 Å². The normalized spacial score (nSPS) is 15.5. The molecule has 168 valence electrons. The van der Waals surface area contributed by atoms with Crippen LogP contribution in [0.5, 0.6) is 0 Å². The van der Waals surface area contributed by atoms with Crippen molar-refractivity contribution < 1.29 is 0 Å². The number of anilines is 1. The Hall–Kier alpha value is -3.58. The van der Waals surface area contributed by atoms with Gasteiger partial charge in [0.1, 0.15) is 0 Å². The van der Waals surface area contributed by atoms with Gasteiger partial charge in [0.2, 0.25) is 0 Å². The summed E-state index contributed by atoms with van der Waals surface area (Å²) >= 11 is 0. The number of aromatic nitrogens is 5. The van der Waals surface area contributed by atoms with E-state index in [1.807, 2.05) is 35.3 Å². The minimum atomic E-state index is -0.0209. The van der Waals surface area contributed by atoms with Crippen molar-refractivity contribution in [3.05, 3.63) is 101 Å². The number of tetrazole rings is 1. The highest BCUT2D eigenvalue weighted by Crippen LogP contribution is 2.30. The second kappa shape index (κ2) is 9.50. The third-order valence-electron chi connectivity index (χ3n) is 6.39. The summed E-state index contributed by atoms with van der Waals surface area (Å²) in [4.78, 5) is 9.21. The number of benzene rings is 2. The van der Waals surface area contributed by atoms with Gasteiger partial charge in [-0.05, 0) is 64.7 Å². The summed E-state index contributed by atoms with van der Waals surface area (Å²) in [7, 11) is 0. The van der Waals surface area contributed by atoms with Crippen LogP contribution >= 0.6 is 0 Å². The molecule has 1 aliphatic heterocycles. The van der Waals surface area contributed by atoms with E-state index in [-0.39, 0.29) is 6.04 Å². The fourth-order valence-corrected chi connectivity index (χ4v) is 4.63. The van der Waals surface area contributed by atoms with Crippen molar-refractivity contribution in [2.24, 2.45) is 0 Å². The van der Waals surface area contributed by atoms with Crippen LogP contribution in [0.15, 0.2) is 73.1 Å². The SMILES string of the molecule is Cc1ccc(C)c(N2CCN([C@H](c3ccncc3)c3nnnn3Cc3ccccc3)CC2)c1. The van der Waals surface area contributed by atoms with E-state index in [0.29, 0.717) is 6.54 Å². The number of hydrogen-bond donors (Lipinski definition) is 0. The van der Waals surface area contributed by atoms with Gasteiger partial charge in [0.25, 0.3) is 0 Å². The molecule has 2 aromatic heterocycles. The molecule has 7 nitrogen and oxygen atoms in total. The van der Waals surface area contributed by atoms with Crippen LogP contribution in [0.2, 0.25) is 0 Å². The maximum Gasteiger partial charge on any atom is 0.173 e. The van der Waals surface area contributed by atoms with Gasteiger partial charge in [0.15, 0.2) is 5.82 Å². The first kappa shape index (κ1) is 21.3. The summed E-state index contributed by atoms with van der Waals surface area (Å²) < 4.78 is 1.93. The Kier molecular flexibility index (Phi) is 6.13. The van der Waals surface area contributed by atoms with E-state index in [0.717, 1.165) is 37.6 Å². The zero-order valence-corrected chi connectivity index (χ0v) is 19.2. The number of hydrogen-bond acceptors (Lipinski definition) is 6. The van der Waals surface area contributed by atoms with Gasteiger partial charge in [0.05, 0.1) is 12.6 Å². The first-order chi connectivity index (χ1) is 16.2. The van der Waals surface area contributed by atoms with Crippen molar-refractivity contribution in [3.8, 4) is 0 Å². The molecule has 5 rings (SSSR count). The lowest BCUT2D eigenvalue weighted by Crippen LogP contribution is -2.48. The Morgan fingerprint density at radius 2 is 1.64 bits per heavy atom. The summed E-state index contributed by atoms with van der Waals surface area (Å²) in [6.07, 6.45) is 3.69. The molecule has 4 aromatic rings. The molecule has 33 heavy (non-hydrogen) atoms. The van der Waals surface area contributed by atoms with E-state index in [4.69, 9.17) is 0 Å². The van der Waals surface area contributed by atoms with E-state index in [2.05, 4.69) is 86.6 Å². The van der Waals surface area contributed by atoms with Crippen molar-refractivity contribution in [2.75, 3.05) is 31.1 Å².